The Kier molecular flexibility index (Phi) is 5.96. The molecule has 0 saturated heterocycles. The Labute approximate surface area is 121 Å². The van der Waals surface area contributed by atoms with Crippen LogP contribution in [0, 0.1) is 5.92 Å². The highest BCUT2D eigenvalue weighted by Crippen LogP contribution is 2.26. The number of nitrogens with one attached hydrogen (secondary N) is 1. The van der Waals surface area contributed by atoms with Crippen molar-refractivity contribution in [2.75, 3.05) is 12.4 Å². The molecule has 0 radical (unpaired) electrons. The third-order valence-corrected chi connectivity index (χ3v) is 3.67. The van der Waals surface area contributed by atoms with Gasteiger partial charge in [-0.2, -0.15) is 0 Å². The molecule has 0 aliphatic heterocycles. The van der Waals surface area contributed by atoms with Gasteiger partial charge in [-0.05, 0) is 46.5 Å². The summed E-state index contributed by atoms with van der Waals surface area (Å²) in [5.74, 6) is 0.145. The van der Waals surface area contributed by atoms with Crippen LogP contribution < -0.4 is 5.32 Å². The van der Waals surface area contributed by atoms with Crippen LogP contribution in [0.3, 0.4) is 0 Å². The monoisotopic (exact) mass is 333 g/mol. The van der Waals surface area contributed by atoms with Gasteiger partial charge in [-0.3, -0.25) is 0 Å². The average molecular weight is 335 g/mol. The van der Waals surface area contributed by atoms with Crippen LogP contribution in [0.1, 0.15) is 20.3 Å². The number of esters is 1. The van der Waals surface area contributed by atoms with Gasteiger partial charge in [-0.15, -0.1) is 0 Å². The fraction of sp³-hybridized carbons (Fsp3) is 0.462. The number of halogens is 2. The van der Waals surface area contributed by atoms with Crippen molar-refractivity contribution in [2.24, 2.45) is 5.92 Å². The van der Waals surface area contributed by atoms with Crippen molar-refractivity contribution in [1.29, 1.82) is 0 Å². The average Bonchev–Trinajstić information content (AvgIpc) is 2.31. The fourth-order valence-electron chi connectivity index (χ4n) is 1.61. The molecule has 3 nitrogen and oxygen atoms in total. The molecule has 1 N–H and O–H groups in total. The van der Waals surface area contributed by atoms with Gasteiger partial charge in [0.25, 0.3) is 0 Å². The van der Waals surface area contributed by atoms with Crippen LogP contribution in [0.25, 0.3) is 0 Å². The van der Waals surface area contributed by atoms with Crippen molar-refractivity contribution >= 4 is 39.2 Å². The minimum absolute atomic E-state index is 0.255. The maximum absolute atomic E-state index is 11.7. The van der Waals surface area contributed by atoms with E-state index in [0.29, 0.717) is 17.4 Å². The van der Waals surface area contributed by atoms with E-state index in [1.54, 1.807) is 6.07 Å². The molecule has 0 aliphatic carbocycles. The lowest BCUT2D eigenvalue weighted by Gasteiger charge is -2.19. The second-order valence-electron chi connectivity index (χ2n) is 4.48. The summed E-state index contributed by atoms with van der Waals surface area (Å²) in [7, 11) is 1.40. The molecule has 5 heteroatoms. The van der Waals surface area contributed by atoms with Crippen LogP contribution >= 0.6 is 27.5 Å². The Bertz CT molecular complexity index is 423. The van der Waals surface area contributed by atoms with Crippen molar-refractivity contribution < 1.29 is 9.53 Å². The predicted octanol–water partition coefficient (Wildman–Crippen LogP) is 4.10. The van der Waals surface area contributed by atoms with Gasteiger partial charge in [0.05, 0.1) is 12.1 Å². The number of methoxy groups -OCH3 is 1. The van der Waals surface area contributed by atoms with Gasteiger partial charge in [0, 0.05) is 10.2 Å². The summed E-state index contributed by atoms with van der Waals surface area (Å²) in [5, 5.41) is 3.80. The molecule has 0 bridgehead atoms. The van der Waals surface area contributed by atoms with Crippen molar-refractivity contribution in [2.45, 2.75) is 26.3 Å². The second-order valence-corrected chi connectivity index (χ2v) is 5.74. The first-order chi connectivity index (χ1) is 8.43. The molecule has 1 unspecified atom stereocenters. The normalized spacial score (nSPS) is 12.3. The van der Waals surface area contributed by atoms with Gasteiger partial charge in [0.15, 0.2) is 0 Å². The van der Waals surface area contributed by atoms with Crippen LogP contribution in [0.2, 0.25) is 5.02 Å². The molecular weight excluding hydrogens is 318 g/mol. The van der Waals surface area contributed by atoms with E-state index in [1.165, 1.54) is 7.11 Å². The number of carbonyl (C=O) groups excluding carboxylic acids is 1. The number of carbonyl (C=O) groups is 1. The quantitative estimate of drug-likeness (QED) is 0.824. The molecule has 0 heterocycles. The number of rotatable bonds is 5. The summed E-state index contributed by atoms with van der Waals surface area (Å²) in [4.78, 5) is 11.7. The fourth-order valence-corrected chi connectivity index (χ4v) is 2.11. The molecular formula is C13H17BrClNO2. The summed E-state index contributed by atoms with van der Waals surface area (Å²) in [5.41, 5.74) is 0.835. The molecule has 0 aliphatic rings. The first-order valence-corrected chi connectivity index (χ1v) is 6.90. The number of benzene rings is 1. The Morgan fingerprint density at radius 1 is 1.50 bits per heavy atom. The zero-order valence-corrected chi connectivity index (χ0v) is 13.0. The Hall–Kier alpha value is -0.740. The van der Waals surface area contributed by atoms with Crippen molar-refractivity contribution in [1.82, 2.24) is 0 Å². The predicted molar refractivity (Wildman–Crippen MR) is 78.0 cm³/mol. The third kappa shape index (κ3) is 4.50. The largest absolute Gasteiger partial charge is 0.467 e. The molecule has 0 amide bonds. The summed E-state index contributed by atoms with van der Waals surface area (Å²) in [6.07, 6.45) is 0.715. The van der Waals surface area contributed by atoms with Crippen molar-refractivity contribution in [3.05, 3.63) is 27.7 Å². The Balaban J connectivity index is 2.81. The van der Waals surface area contributed by atoms with E-state index >= 15 is 0 Å². The summed E-state index contributed by atoms with van der Waals surface area (Å²) >= 11 is 9.28. The molecule has 1 aromatic carbocycles. The summed E-state index contributed by atoms with van der Waals surface area (Å²) in [6.45, 7) is 4.13. The number of anilines is 1. The van der Waals surface area contributed by atoms with E-state index in [0.717, 1.165) is 10.2 Å². The molecule has 0 aromatic heterocycles. The maximum Gasteiger partial charge on any atom is 0.328 e. The molecule has 0 fully saturated rings. The number of hydrogen-bond donors (Lipinski definition) is 1. The van der Waals surface area contributed by atoms with E-state index in [1.807, 2.05) is 12.1 Å². The first kappa shape index (κ1) is 15.3. The molecule has 100 valence electrons. The van der Waals surface area contributed by atoms with Gasteiger partial charge in [-0.25, -0.2) is 4.79 Å². The third-order valence-electron chi connectivity index (χ3n) is 2.45. The van der Waals surface area contributed by atoms with E-state index in [9.17, 15) is 4.79 Å². The van der Waals surface area contributed by atoms with Gasteiger partial charge >= 0.3 is 5.97 Å². The highest BCUT2D eigenvalue weighted by molar-refractivity contribution is 9.10. The van der Waals surface area contributed by atoms with Crippen molar-refractivity contribution in [3.8, 4) is 0 Å². The zero-order valence-electron chi connectivity index (χ0n) is 10.7. The second kappa shape index (κ2) is 7.00. The minimum Gasteiger partial charge on any atom is -0.467 e. The van der Waals surface area contributed by atoms with Gasteiger partial charge in [0.1, 0.15) is 6.04 Å². The van der Waals surface area contributed by atoms with Crippen LogP contribution in [0.15, 0.2) is 22.7 Å². The van der Waals surface area contributed by atoms with E-state index in [4.69, 9.17) is 16.3 Å². The van der Waals surface area contributed by atoms with Gasteiger partial charge in [0.2, 0.25) is 0 Å². The smallest absolute Gasteiger partial charge is 0.328 e. The Morgan fingerprint density at radius 3 is 2.67 bits per heavy atom. The van der Waals surface area contributed by atoms with E-state index in [2.05, 4.69) is 35.1 Å². The first-order valence-electron chi connectivity index (χ1n) is 5.73. The van der Waals surface area contributed by atoms with Gasteiger partial charge in [-0.1, -0.05) is 25.4 Å². The molecule has 18 heavy (non-hydrogen) atoms. The highest BCUT2D eigenvalue weighted by atomic mass is 79.9. The Morgan fingerprint density at radius 2 is 2.17 bits per heavy atom. The topological polar surface area (TPSA) is 38.3 Å². The van der Waals surface area contributed by atoms with Crippen LogP contribution in [-0.2, 0) is 9.53 Å². The van der Waals surface area contributed by atoms with E-state index < -0.39 is 0 Å². The molecule has 1 aromatic rings. The minimum atomic E-state index is -0.344. The standard InChI is InChI=1S/C13H17BrClNO2/c1-8(2)6-12(13(17)18-3)16-9-4-5-11(15)10(14)7-9/h4-5,7-8,12,16H,6H2,1-3H3. The lowest BCUT2D eigenvalue weighted by Crippen LogP contribution is -2.32. The zero-order chi connectivity index (χ0) is 13.7. The van der Waals surface area contributed by atoms with Crippen LogP contribution in [0.5, 0.6) is 0 Å². The highest BCUT2D eigenvalue weighted by Gasteiger charge is 2.20. The molecule has 1 atom stereocenters. The van der Waals surface area contributed by atoms with Crippen LogP contribution in [0.4, 0.5) is 5.69 Å². The number of ether oxygens (including phenoxy) is 1. The van der Waals surface area contributed by atoms with Crippen molar-refractivity contribution in [3.63, 3.8) is 0 Å². The molecule has 1 rings (SSSR count). The molecule has 0 spiro atoms. The lowest BCUT2D eigenvalue weighted by atomic mass is 10.0. The van der Waals surface area contributed by atoms with Gasteiger partial charge < -0.3 is 10.1 Å². The summed E-state index contributed by atoms with van der Waals surface area (Å²) in [6, 6.07) is 5.11. The van der Waals surface area contributed by atoms with E-state index in [-0.39, 0.29) is 12.0 Å². The maximum atomic E-state index is 11.7. The number of hydrogen-bond acceptors (Lipinski definition) is 3. The molecule has 0 saturated carbocycles. The SMILES string of the molecule is COC(=O)C(CC(C)C)Nc1ccc(Cl)c(Br)c1. The lowest BCUT2D eigenvalue weighted by molar-refractivity contribution is -0.141. The van der Waals surface area contributed by atoms with Crippen LogP contribution in [-0.4, -0.2) is 19.1 Å². The summed E-state index contributed by atoms with van der Waals surface area (Å²) < 4.78 is 5.59.